The van der Waals surface area contributed by atoms with E-state index in [1.54, 1.807) is 0 Å². The molecule has 0 aromatic heterocycles. The summed E-state index contributed by atoms with van der Waals surface area (Å²) < 4.78 is 0. The first-order valence-electron chi connectivity index (χ1n) is 5.89. The molecule has 2 aliphatic rings. The van der Waals surface area contributed by atoms with E-state index in [1.165, 1.54) is 0 Å². The highest BCUT2D eigenvalue weighted by molar-refractivity contribution is 6.00. The highest BCUT2D eigenvalue weighted by Crippen LogP contribution is 2.35. The smallest absolute Gasteiger partial charge is 0.248 e. The zero-order chi connectivity index (χ0) is 11.9. The number of piperazine rings is 1. The Balaban J connectivity index is 1.86. The maximum absolute atomic E-state index is 12.0. The molecule has 1 atom stereocenters. The summed E-state index contributed by atoms with van der Waals surface area (Å²) in [4.78, 5) is 24.0. The Morgan fingerprint density at radius 2 is 1.82 bits per heavy atom. The van der Waals surface area contributed by atoms with E-state index >= 15 is 0 Å². The van der Waals surface area contributed by atoms with Crippen LogP contribution in [0, 0.1) is 0 Å². The molecule has 1 spiro atoms. The van der Waals surface area contributed by atoms with Crippen molar-refractivity contribution in [2.45, 2.75) is 30.8 Å². The molecule has 0 bridgehead atoms. The SMILES string of the molecule is O=C1NC2(CCC2)C(=O)N[C@H]1c1ccccc1. The third kappa shape index (κ3) is 1.52. The van der Waals surface area contributed by atoms with Crippen LogP contribution < -0.4 is 10.6 Å². The molecule has 1 aromatic rings. The fourth-order valence-electron chi connectivity index (χ4n) is 2.46. The highest BCUT2D eigenvalue weighted by Gasteiger charge is 2.50. The topological polar surface area (TPSA) is 58.2 Å². The summed E-state index contributed by atoms with van der Waals surface area (Å²) in [7, 11) is 0. The first kappa shape index (κ1) is 10.3. The van der Waals surface area contributed by atoms with Gasteiger partial charge >= 0.3 is 0 Å². The van der Waals surface area contributed by atoms with Gasteiger partial charge in [0.15, 0.2) is 0 Å². The Morgan fingerprint density at radius 1 is 1.12 bits per heavy atom. The molecule has 1 aromatic carbocycles. The molecule has 2 amide bonds. The van der Waals surface area contributed by atoms with E-state index in [1.807, 2.05) is 30.3 Å². The van der Waals surface area contributed by atoms with Gasteiger partial charge in [-0.2, -0.15) is 0 Å². The number of nitrogens with one attached hydrogen (secondary N) is 2. The molecule has 1 aliphatic carbocycles. The van der Waals surface area contributed by atoms with Crippen LogP contribution in [0.1, 0.15) is 30.9 Å². The van der Waals surface area contributed by atoms with Crippen LogP contribution in [0.15, 0.2) is 30.3 Å². The molecule has 2 N–H and O–H groups in total. The average molecular weight is 230 g/mol. The van der Waals surface area contributed by atoms with Crippen LogP contribution in [-0.2, 0) is 9.59 Å². The molecule has 4 nitrogen and oxygen atoms in total. The number of rotatable bonds is 1. The lowest BCUT2D eigenvalue weighted by Gasteiger charge is -2.45. The Hall–Kier alpha value is -1.84. The number of carbonyl (C=O) groups is 2. The van der Waals surface area contributed by atoms with E-state index < -0.39 is 11.6 Å². The van der Waals surface area contributed by atoms with Gasteiger partial charge in [0, 0.05) is 0 Å². The van der Waals surface area contributed by atoms with Crippen molar-refractivity contribution < 1.29 is 9.59 Å². The Labute approximate surface area is 99.4 Å². The minimum absolute atomic E-state index is 0.0443. The van der Waals surface area contributed by atoms with Crippen molar-refractivity contribution in [1.29, 1.82) is 0 Å². The molecule has 1 heterocycles. The van der Waals surface area contributed by atoms with Crippen molar-refractivity contribution in [2.24, 2.45) is 0 Å². The molecule has 1 aliphatic heterocycles. The normalized spacial score (nSPS) is 26.0. The molecule has 1 saturated carbocycles. The largest absolute Gasteiger partial charge is 0.340 e. The molecular formula is C13H14N2O2. The van der Waals surface area contributed by atoms with Gasteiger partial charge < -0.3 is 10.6 Å². The van der Waals surface area contributed by atoms with Crippen LogP contribution in [0.2, 0.25) is 0 Å². The van der Waals surface area contributed by atoms with Crippen molar-refractivity contribution in [1.82, 2.24) is 10.6 Å². The van der Waals surface area contributed by atoms with Crippen LogP contribution in [0.3, 0.4) is 0 Å². The van der Waals surface area contributed by atoms with Crippen molar-refractivity contribution >= 4 is 11.8 Å². The van der Waals surface area contributed by atoms with Crippen LogP contribution in [0.5, 0.6) is 0 Å². The van der Waals surface area contributed by atoms with Gasteiger partial charge in [0.2, 0.25) is 11.8 Å². The van der Waals surface area contributed by atoms with E-state index in [4.69, 9.17) is 0 Å². The molecular weight excluding hydrogens is 216 g/mol. The van der Waals surface area contributed by atoms with Gasteiger partial charge in [0.25, 0.3) is 0 Å². The fourth-order valence-corrected chi connectivity index (χ4v) is 2.46. The van der Waals surface area contributed by atoms with Crippen molar-refractivity contribution in [3.63, 3.8) is 0 Å². The maximum atomic E-state index is 12.0. The minimum atomic E-state index is -0.609. The van der Waals surface area contributed by atoms with Gasteiger partial charge in [-0.1, -0.05) is 30.3 Å². The molecule has 88 valence electrons. The van der Waals surface area contributed by atoms with Gasteiger partial charge in [0.1, 0.15) is 11.6 Å². The lowest BCUT2D eigenvalue weighted by molar-refractivity contribution is -0.145. The van der Waals surface area contributed by atoms with Crippen molar-refractivity contribution in [3.05, 3.63) is 35.9 Å². The first-order valence-corrected chi connectivity index (χ1v) is 5.89. The maximum Gasteiger partial charge on any atom is 0.248 e. The van der Waals surface area contributed by atoms with Crippen LogP contribution in [-0.4, -0.2) is 17.4 Å². The summed E-state index contributed by atoms with van der Waals surface area (Å²) in [6, 6.07) is 8.77. The number of hydrogen-bond acceptors (Lipinski definition) is 2. The monoisotopic (exact) mass is 230 g/mol. The molecule has 4 heteroatoms. The zero-order valence-corrected chi connectivity index (χ0v) is 9.40. The fraction of sp³-hybridized carbons (Fsp3) is 0.385. The van der Waals surface area contributed by atoms with Gasteiger partial charge in [-0.25, -0.2) is 0 Å². The Kier molecular flexibility index (Phi) is 2.18. The summed E-state index contributed by atoms with van der Waals surface area (Å²) in [6.07, 6.45) is 2.52. The second kappa shape index (κ2) is 3.58. The van der Waals surface area contributed by atoms with Gasteiger partial charge in [-0.3, -0.25) is 9.59 Å². The van der Waals surface area contributed by atoms with Crippen LogP contribution in [0.25, 0.3) is 0 Å². The van der Waals surface area contributed by atoms with Gasteiger partial charge in [-0.15, -0.1) is 0 Å². The van der Waals surface area contributed by atoms with Gasteiger partial charge in [0.05, 0.1) is 0 Å². The quantitative estimate of drug-likeness (QED) is 0.753. The number of hydrogen-bond donors (Lipinski definition) is 2. The molecule has 3 rings (SSSR count). The lowest BCUT2D eigenvalue weighted by atomic mass is 9.74. The Bertz CT molecular complexity index is 466. The molecule has 1 saturated heterocycles. The third-order valence-electron chi connectivity index (χ3n) is 3.67. The summed E-state index contributed by atoms with van der Waals surface area (Å²) >= 11 is 0. The molecule has 17 heavy (non-hydrogen) atoms. The van der Waals surface area contributed by atoms with Crippen LogP contribution in [0.4, 0.5) is 0 Å². The van der Waals surface area contributed by atoms with E-state index in [-0.39, 0.29) is 11.8 Å². The van der Waals surface area contributed by atoms with Gasteiger partial charge in [-0.05, 0) is 24.8 Å². The van der Waals surface area contributed by atoms with E-state index in [2.05, 4.69) is 10.6 Å². The van der Waals surface area contributed by atoms with Crippen molar-refractivity contribution in [3.8, 4) is 0 Å². The summed E-state index contributed by atoms with van der Waals surface area (Å²) in [5.74, 6) is -0.146. The second-order valence-corrected chi connectivity index (χ2v) is 4.74. The number of carbonyl (C=O) groups excluding carboxylic acids is 2. The predicted molar refractivity (Wildman–Crippen MR) is 62.1 cm³/mol. The minimum Gasteiger partial charge on any atom is -0.340 e. The van der Waals surface area contributed by atoms with E-state index in [0.717, 1.165) is 24.8 Å². The molecule has 2 fully saturated rings. The van der Waals surface area contributed by atoms with Crippen molar-refractivity contribution in [2.75, 3.05) is 0 Å². The number of benzene rings is 1. The van der Waals surface area contributed by atoms with Crippen LogP contribution >= 0.6 is 0 Å². The number of amides is 2. The third-order valence-corrected chi connectivity index (χ3v) is 3.67. The van der Waals surface area contributed by atoms with E-state index in [0.29, 0.717) is 0 Å². The summed E-state index contributed by atoms with van der Waals surface area (Å²) in [5.41, 5.74) is 0.218. The second-order valence-electron chi connectivity index (χ2n) is 4.74. The Morgan fingerprint density at radius 3 is 2.41 bits per heavy atom. The molecule has 0 radical (unpaired) electrons. The highest BCUT2D eigenvalue weighted by atomic mass is 16.2. The standard InChI is InChI=1S/C13H14N2O2/c16-11-10(9-5-2-1-3-6-9)14-12(17)13(15-11)7-4-8-13/h1-3,5-6,10H,4,7-8H2,(H,14,17)(H,15,16)/t10-/m0/s1. The summed E-state index contributed by atoms with van der Waals surface area (Å²) in [6.45, 7) is 0. The average Bonchev–Trinajstić information content (AvgIpc) is 2.30. The predicted octanol–water partition coefficient (Wildman–Crippen LogP) is 0.896. The lowest BCUT2D eigenvalue weighted by Crippen LogP contribution is -2.69. The summed E-state index contributed by atoms with van der Waals surface area (Å²) in [5, 5.41) is 5.70. The zero-order valence-electron chi connectivity index (χ0n) is 9.40. The first-order chi connectivity index (χ1) is 8.21. The molecule has 0 unspecified atom stereocenters. The van der Waals surface area contributed by atoms with E-state index in [9.17, 15) is 9.59 Å².